The van der Waals surface area contributed by atoms with Crippen LogP contribution in [0.3, 0.4) is 0 Å². The molecule has 0 amide bonds. The van der Waals surface area contributed by atoms with E-state index in [-0.39, 0.29) is 0 Å². The number of hydrogen-bond donors (Lipinski definition) is 1. The number of benzene rings is 1. The standard InChI is InChI=1S/C15H21NS/c1-2-15(8-5-9-15)11-16-13-10-17-14-7-4-3-6-12(13)14/h3-4,6-7,13,16H,2,5,8-11H2,1H3. The molecule has 0 spiro atoms. The number of rotatable bonds is 4. The minimum atomic E-state index is 0.584. The molecule has 0 aromatic heterocycles. The van der Waals surface area contributed by atoms with E-state index < -0.39 is 0 Å². The zero-order valence-corrected chi connectivity index (χ0v) is 11.4. The minimum Gasteiger partial charge on any atom is -0.309 e. The molecule has 1 atom stereocenters. The highest BCUT2D eigenvalue weighted by Crippen LogP contribution is 2.44. The predicted octanol–water partition coefficient (Wildman–Crippen LogP) is 4.00. The molecule has 1 aliphatic carbocycles. The van der Waals surface area contributed by atoms with E-state index >= 15 is 0 Å². The van der Waals surface area contributed by atoms with Gasteiger partial charge in [0.1, 0.15) is 0 Å². The average molecular weight is 247 g/mol. The monoisotopic (exact) mass is 247 g/mol. The molecular weight excluding hydrogens is 226 g/mol. The largest absolute Gasteiger partial charge is 0.309 e. The molecule has 1 aromatic carbocycles. The van der Waals surface area contributed by atoms with Crippen molar-refractivity contribution in [1.82, 2.24) is 5.32 Å². The van der Waals surface area contributed by atoms with Gasteiger partial charge in [0.25, 0.3) is 0 Å². The highest BCUT2D eigenvalue weighted by Gasteiger charge is 2.35. The number of nitrogens with one attached hydrogen (secondary N) is 1. The Morgan fingerprint density at radius 3 is 2.88 bits per heavy atom. The van der Waals surface area contributed by atoms with Crippen molar-refractivity contribution in [3.05, 3.63) is 29.8 Å². The lowest BCUT2D eigenvalue weighted by Crippen LogP contribution is -2.40. The Hall–Kier alpha value is -0.470. The number of thioether (sulfide) groups is 1. The minimum absolute atomic E-state index is 0.584. The summed E-state index contributed by atoms with van der Waals surface area (Å²) in [6.07, 6.45) is 5.63. The molecule has 1 saturated carbocycles. The Labute approximate surface area is 108 Å². The Morgan fingerprint density at radius 1 is 1.35 bits per heavy atom. The summed E-state index contributed by atoms with van der Waals surface area (Å²) >= 11 is 2.00. The van der Waals surface area contributed by atoms with Crippen LogP contribution in [0.2, 0.25) is 0 Å². The molecule has 0 saturated heterocycles. The van der Waals surface area contributed by atoms with E-state index in [0.29, 0.717) is 11.5 Å². The SMILES string of the molecule is CCC1(CNC2CSc3ccccc32)CCC1. The molecule has 2 aliphatic rings. The van der Waals surface area contributed by atoms with Crippen molar-refractivity contribution in [2.45, 2.75) is 43.5 Å². The van der Waals surface area contributed by atoms with Gasteiger partial charge >= 0.3 is 0 Å². The van der Waals surface area contributed by atoms with E-state index in [1.165, 1.54) is 48.4 Å². The van der Waals surface area contributed by atoms with Crippen LogP contribution in [0.5, 0.6) is 0 Å². The number of fused-ring (bicyclic) bond motifs is 1. The van der Waals surface area contributed by atoms with E-state index in [1.54, 1.807) is 0 Å². The van der Waals surface area contributed by atoms with Gasteiger partial charge in [0.15, 0.2) is 0 Å². The molecule has 17 heavy (non-hydrogen) atoms. The van der Waals surface area contributed by atoms with Gasteiger partial charge in [-0.1, -0.05) is 31.5 Å². The Balaban J connectivity index is 1.64. The molecular formula is C15H21NS. The average Bonchev–Trinajstić information content (AvgIpc) is 2.72. The third-order valence-electron chi connectivity index (χ3n) is 4.59. The van der Waals surface area contributed by atoms with Crippen molar-refractivity contribution in [2.24, 2.45) is 5.41 Å². The Bertz CT molecular complexity index is 392. The Morgan fingerprint density at radius 2 is 2.18 bits per heavy atom. The summed E-state index contributed by atoms with van der Waals surface area (Å²) in [4.78, 5) is 1.48. The van der Waals surface area contributed by atoms with Gasteiger partial charge in [-0.15, -0.1) is 11.8 Å². The third kappa shape index (κ3) is 2.13. The van der Waals surface area contributed by atoms with Gasteiger partial charge in [-0.05, 0) is 36.3 Å². The van der Waals surface area contributed by atoms with E-state index in [4.69, 9.17) is 0 Å². The second-order valence-corrected chi connectivity index (χ2v) is 6.55. The summed E-state index contributed by atoms with van der Waals surface area (Å²) in [5, 5.41) is 3.81. The summed E-state index contributed by atoms with van der Waals surface area (Å²) in [7, 11) is 0. The van der Waals surface area contributed by atoms with Crippen molar-refractivity contribution in [2.75, 3.05) is 12.3 Å². The van der Waals surface area contributed by atoms with Crippen LogP contribution in [-0.4, -0.2) is 12.3 Å². The van der Waals surface area contributed by atoms with Gasteiger partial charge in [-0.25, -0.2) is 0 Å². The van der Waals surface area contributed by atoms with E-state index in [9.17, 15) is 0 Å². The zero-order valence-electron chi connectivity index (χ0n) is 10.5. The number of hydrogen-bond acceptors (Lipinski definition) is 2. The van der Waals surface area contributed by atoms with Crippen LogP contribution in [0.4, 0.5) is 0 Å². The molecule has 1 nitrogen and oxygen atoms in total. The van der Waals surface area contributed by atoms with Crippen molar-refractivity contribution in [3.8, 4) is 0 Å². The van der Waals surface area contributed by atoms with Crippen LogP contribution in [0.25, 0.3) is 0 Å². The van der Waals surface area contributed by atoms with Gasteiger partial charge in [0.2, 0.25) is 0 Å². The summed E-state index contributed by atoms with van der Waals surface area (Å²) in [6, 6.07) is 9.43. The predicted molar refractivity (Wildman–Crippen MR) is 74.5 cm³/mol. The van der Waals surface area contributed by atoms with Crippen LogP contribution in [0.15, 0.2) is 29.2 Å². The van der Waals surface area contributed by atoms with Gasteiger partial charge in [-0.3, -0.25) is 0 Å². The van der Waals surface area contributed by atoms with Crippen LogP contribution in [0, 0.1) is 5.41 Å². The molecule has 3 rings (SSSR count). The maximum absolute atomic E-state index is 3.81. The van der Waals surface area contributed by atoms with E-state index in [2.05, 4.69) is 36.5 Å². The summed E-state index contributed by atoms with van der Waals surface area (Å²) in [5.41, 5.74) is 2.14. The zero-order chi connectivity index (χ0) is 11.7. The lowest BCUT2D eigenvalue weighted by atomic mass is 9.67. The molecule has 1 heterocycles. The molecule has 1 fully saturated rings. The van der Waals surface area contributed by atoms with Crippen LogP contribution in [0.1, 0.15) is 44.2 Å². The first kappa shape index (κ1) is 11.6. The van der Waals surface area contributed by atoms with Gasteiger partial charge in [0, 0.05) is 23.2 Å². The van der Waals surface area contributed by atoms with Crippen LogP contribution >= 0.6 is 11.8 Å². The quantitative estimate of drug-likeness (QED) is 0.863. The third-order valence-corrected chi connectivity index (χ3v) is 5.77. The Kier molecular flexibility index (Phi) is 3.18. The second kappa shape index (κ2) is 4.66. The first-order chi connectivity index (χ1) is 8.33. The van der Waals surface area contributed by atoms with Gasteiger partial charge in [-0.2, -0.15) is 0 Å². The fraction of sp³-hybridized carbons (Fsp3) is 0.600. The fourth-order valence-corrected chi connectivity index (χ4v) is 4.20. The summed E-state index contributed by atoms with van der Waals surface area (Å²) < 4.78 is 0. The molecule has 0 radical (unpaired) electrons. The van der Waals surface area contributed by atoms with E-state index in [0.717, 1.165) is 0 Å². The topological polar surface area (TPSA) is 12.0 Å². The molecule has 1 unspecified atom stereocenters. The van der Waals surface area contributed by atoms with Crippen molar-refractivity contribution >= 4 is 11.8 Å². The maximum Gasteiger partial charge on any atom is 0.0426 e. The molecule has 2 heteroatoms. The lowest BCUT2D eigenvalue weighted by molar-refractivity contribution is 0.120. The van der Waals surface area contributed by atoms with Crippen LogP contribution in [-0.2, 0) is 0 Å². The first-order valence-electron chi connectivity index (χ1n) is 6.78. The van der Waals surface area contributed by atoms with E-state index in [1.807, 2.05) is 11.8 Å². The molecule has 92 valence electrons. The second-order valence-electron chi connectivity index (χ2n) is 5.49. The summed E-state index contributed by atoms with van der Waals surface area (Å²) in [6.45, 7) is 3.56. The highest BCUT2D eigenvalue weighted by atomic mass is 32.2. The maximum atomic E-state index is 3.81. The fourth-order valence-electron chi connectivity index (χ4n) is 3.00. The van der Waals surface area contributed by atoms with Crippen molar-refractivity contribution < 1.29 is 0 Å². The summed E-state index contributed by atoms with van der Waals surface area (Å²) in [5.74, 6) is 1.21. The van der Waals surface area contributed by atoms with Gasteiger partial charge in [0.05, 0.1) is 0 Å². The molecule has 1 N–H and O–H groups in total. The molecule has 1 aliphatic heterocycles. The van der Waals surface area contributed by atoms with Gasteiger partial charge < -0.3 is 5.32 Å². The smallest absolute Gasteiger partial charge is 0.0426 e. The molecule has 1 aromatic rings. The first-order valence-corrected chi connectivity index (χ1v) is 7.77. The lowest BCUT2D eigenvalue weighted by Gasteiger charge is -2.42. The molecule has 0 bridgehead atoms. The highest BCUT2D eigenvalue weighted by molar-refractivity contribution is 7.99. The van der Waals surface area contributed by atoms with Crippen LogP contribution < -0.4 is 5.32 Å². The van der Waals surface area contributed by atoms with Crippen molar-refractivity contribution in [3.63, 3.8) is 0 Å². The van der Waals surface area contributed by atoms with Crippen molar-refractivity contribution in [1.29, 1.82) is 0 Å². The normalized spacial score (nSPS) is 25.4.